The molecule has 0 radical (unpaired) electrons. The molecule has 1 aromatic heterocycles. The van der Waals surface area contributed by atoms with Gasteiger partial charge in [-0.05, 0) is 37.4 Å². The summed E-state index contributed by atoms with van der Waals surface area (Å²) < 4.78 is 5.72. The maximum atomic E-state index is 5.97. The topological polar surface area (TPSA) is 37.4 Å². The van der Waals surface area contributed by atoms with Crippen molar-refractivity contribution in [3.8, 4) is 0 Å². The van der Waals surface area contributed by atoms with E-state index >= 15 is 0 Å². The van der Waals surface area contributed by atoms with Crippen LogP contribution in [0.4, 0.5) is 5.82 Å². The highest BCUT2D eigenvalue weighted by atomic mass is 35.5. The van der Waals surface area contributed by atoms with Crippen LogP contribution in [0, 0.1) is 0 Å². The fraction of sp³-hybridized carbons (Fsp3) is 0.400. The van der Waals surface area contributed by atoms with Gasteiger partial charge in [-0.3, -0.25) is 0 Å². The first kappa shape index (κ1) is 13.6. The zero-order chi connectivity index (χ0) is 13.9. The van der Waals surface area contributed by atoms with Crippen molar-refractivity contribution in [3.05, 3.63) is 35.4 Å². The smallest absolute Gasteiger partial charge is 0.126 e. The molecule has 106 valence electrons. The second-order valence-corrected chi connectivity index (χ2v) is 5.61. The Morgan fingerprint density at radius 1 is 1.40 bits per heavy atom. The Balaban J connectivity index is 1.67. The summed E-state index contributed by atoms with van der Waals surface area (Å²) in [6.45, 7) is 3.53. The van der Waals surface area contributed by atoms with E-state index in [2.05, 4.69) is 22.2 Å². The van der Waals surface area contributed by atoms with Crippen molar-refractivity contribution >= 4 is 28.3 Å². The number of ether oxygens (including phenoxy) is 1. The van der Waals surface area contributed by atoms with Crippen LogP contribution in [0.5, 0.6) is 0 Å². The molecule has 1 N–H and O–H groups in total. The normalized spacial score (nSPS) is 20.2. The van der Waals surface area contributed by atoms with Crippen molar-refractivity contribution in [1.29, 1.82) is 0 Å². The highest BCUT2D eigenvalue weighted by molar-refractivity contribution is 6.31. The highest BCUT2D eigenvalue weighted by Gasteiger charge is 2.17. The van der Waals surface area contributed by atoms with Crippen LogP contribution in [0.2, 0.25) is 5.02 Å². The first-order valence-electron chi connectivity index (χ1n) is 6.81. The molecule has 5 heteroatoms. The number of pyridine rings is 1. The van der Waals surface area contributed by atoms with Crippen LogP contribution in [0.3, 0.4) is 0 Å². The molecule has 0 unspecified atom stereocenters. The van der Waals surface area contributed by atoms with Gasteiger partial charge in [0.15, 0.2) is 0 Å². The van der Waals surface area contributed by atoms with Crippen LogP contribution in [-0.4, -0.2) is 49.3 Å². The molecular weight excluding hydrogens is 274 g/mol. The van der Waals surface area contributed by atoms with Crippen molar-refractivity contribution in [2.24, 2.45) is 0 Å². The number of nitrogens with zero attached hydrogens (tertiary/aromatic N) is 2. The van der Waals surface area contributed by atoms with E-state index in [1.807, 2.05) is 30.3 Å². The van der Waals surface area contributed by atoms with Gasteiger partial charge >= 0.3 is 0 Å². The molecule has 0 aliphatic carbocycles. The van der Waals surface area contributed by atoms with Gasteiger partial charge in [0.1, 0.15) is 5.82 Å². The lowest BCUT2D eigenvalue weighted by Crippen LogP contribution is -2.43. The van der Waals surface area contributed by atoms with Gasteiger partial charge in [0, 0.05) is 30.0 Å². The second kappa shape index (κ2) is 5.95. The average molecular weight is 292 g/mol. The van der Waals surface area contributed by atoms with Crippen molar-refractivity contribution in [2.75, 3.05) is 38.6 Å². The molecule has 0 spiro atoms. The third-order valence-corrected chi connectivity index (χ3v) is 3.74. The number of hydrogen-bond acceptors (Lipinski definition) is 4. The molecule has 2 heterocycles. The lowest BCUT2D eigenvalue weighted by atomic mass is 10.2. The molecule has 0 saturated carbocycles. The Labute approximate surface area is 123 Å². The summed E-state index contributed by atoms with van der Waals surface area (Å²) in [6, 6.07) is 9.73. The number of likely N-dealkylation sites (N-methyl/N-ethyl adjacent to an activating group) is 1. The minimum Gasteiger partial charge on any atom is -0.374 e. The molecule has 0 bridgehead atoms. The van der Waals surface area contributed by atoms with Gasteiger partial charge in [-0.2, -0.15) is 0 Å². The van der Waals surface area contributed by atoms with Gasteiger partial charge in [0.25, 0.3) is 0 Å². The lowest BCUT2D eigenvalue weighted by Gasteiger charge is -2.30. The van der Waals surface area contributed by atoms with Gasteiger partial charge in [-0.1, -0.05) is 11.6 Å². The molecule has 1 saturated heterocycles. The zero-order valence-electron chi connectivity index (χ0n) is 11.5. The number of fused-ring (bicyclic) bond motifs is 1. The van der Waals surface area contributed by atoms with Gasteiger partial charge in [0.2, 0.25) is 0 Å². The molecule has 2 aromatic rings. The third-order valence-electron chi connectivity index (χ3n) is 3.50. The van der Waals surface area contributed by atoms with E-state index in [1.54, 1.807) is 0 Å². The summed E-state index contributed by atoms with van der Waals surface area (Å²) in [5.41, 5.74) is 0.945. The molecule has 0 amide bonds. The minimum atomic E-state index is 0.219. The number of hydrogen-bond donors (Lipinski definition) is 1. The van der Waals surface area contributed by atoms with Crippen molar-refractivity contribution in [2.45, 2.75) is 6.10 Å². The number of aromatic nitrogens is 1. The van der Waals surface area contributed by atoms with Crippen molar-refractivity contribution in [1.82, 2.24) is 9.88 Å². The molecule has 3 rings (SSSR count). The van der Waals surface area contributed by atoms with Crippen LogP contribution in [0.15, 0.2) is 30.3 Å². The summed E-state index contributed by atoms with van der Waals surface area (Å²) in [7, 11) is 2.12. The van der Waals surface area contributed by atoms with Crippen LogP contribution < -0.4 is 5.32 Å². The summed E-state index contributed by atoms with van der Waals surface area (Å²) in [6.07, 6.45) is 0.219. The minimum absolute atomic E-state index is 0.219. The molecule has 1 aliphatic rings. The van der Waals surface area contributed by atoms with Gasteiger partial charge in [-0.25, -0.2) is 4.98 Å². The third kappa shape index (κ3) is 3.20. The maximum absolute atomic E-state index is 5.97. The summed E-state index contributed by atoms with van der Waals surface area (Å²) in [4.78, 5) is 6.86. The number of benzene rings is 1. The maximum Gasteiger partial charge on any atom is 0.126 e. The molecule has 1 atom stereocenters. The van der Waals surface area contributed by atoms with Crippen molar-refractivity contribution in [3.63, 3.8) is 0 Å². The molecule has 1 aliphatic heterocycles. The molecular formula is C15H18ClN3O. The summed E-state index contributed by atoms with van der Waals surface area (Å²) in [5.74, 6) is 0.872. The van der Waals surface area contributed by atoms with E-state index in [0.29, 0.717) is 0 Å². The van der Waals surface area contributed by atoms with Gasteiger partial charge in [0.05, 0.1) is 18.2 Å². The molecule has 1 aromatic carbocycles. The Morgan fingerprint density at radius 2 is 2.30 bits per heavy atom. The van der Waals surface area contributed by atoms with E-state index < -0.39 is 0 Å². The Kier molecular flexibility index (Phi) is 4.05. The number of rotatable bonds is 3. The predicted molar refractivity (Wildman–Crippen MR) is 82.5 cm³/mol. The van der Waals surface area contributed by atoms with E-state index in [0.717, 1.165) is 48.0 Å². The largest absolute Gasteiger partial charge is 0.374 e. The Hall–Kier alpha value is -1.36. The fourth-order valence-electron chi connectivity index (χ4n) is 2.40. The summed E-state index contributed by atoms with van der Waals surface area (Å²) in [5, 5.41) is 5.13. The van der Waals surface area contributed by atoms with Crippen LogP contribution in [0.25, 0.3) is 10.9 Å². The monoisotopic (exact) mass is 291 g/mol. The van der Waals surface area contributed by atoms with Crippen molar-refractivity contribution < 1.29 is 4.74 Å². The molecule has 1 fully saturated rings. The van der Waals surface area contributed by atoms with E-state index in [9.17, 15) is 0 Å². The van der Waals surface area contributed by atoms with E-state index in [-0.39, 0.29) is 6.10 Å². The first-order valence-corrected chi connectivity index (χ1v) is 7.19. The first-order chi connectivity index (χ1) is 9.70. The number of nitrogens with one attached hydrogen (secondary N) is 1. The highest BCUT2D eigenvalue weighted by Crippen LogP contribution is 2.19. The predicted octanol–water partition coefficient (Wildman–Crippen LogP) is 2.63. The molecule has 20 heavy (non-hydrogen) atoms. The lowest BCUT2D eigenvalue weighted by molar-refractivity contribution is -0.0117. The van der Waals surface area contributed by atoms with Crippen LogP contribution in [0.1, 0.15) is 0 Å². The number of anilines is 1. The Bertz CT molecular complexity index is 605. The van der Waals surface area contributed by atoms with Gasteiger partial charge in [-0.15, -0.1) is 0 Å². The zero-order valence-corrected chi connectivity index (χ0v) is 12.2. The second-order valence-electron chi connectivity index (χ2n) is 5.17. The SMILES string of the molecule is CN1CCO[C@H](CNc2ccc3cc(Cl)ccc3n2)C1. The van der Waals surface area contributed by atoms with E-state index in [1.165, 1.54) is 0 Å². The molecule has 4 nitrogen and oxygen atoms in total. The fourth-order valence-corrected chi connectivity index (χ4v) is 2.58. The standard InChI is InChI=1S/C15H18ClN3O/c1-19-6-7-20-13(10-19)9-17-15-5-2-11-8-12(16)3-4-14(11)18-15/h2-5,8,13H,6-7,9-10H2,1H3,(H,17,18)/t13-/m1/s1. The summed E-state index contributed by atoms with van der Waals surface area (Å²) >= 11 is 5.97. The number of halogens is 1. The van der Waals surface area contributed by atoms with Crippen LogP contribution in [-0.2, 0) is 4.74 Å². The van der Waals surface area contributed by atoms with Crippen LogP contribution >= 0.6 is 11.6 Å². The van der Waals surface area contributed by atoms with Gasteiger partial charge < -0.3 is 15.0 Å². The quantitative estimate of drug-likeness (QED) is 0.943. The Morgan fingerprint density at radius 3 is 3.15 bits per heavy atom. The average Bonchev–Trinajstić information content (AvgIpc) is 2.45. The van der Waals surface area contributed by atoms with E-state index in [4.69, 9.17) is 16.3 Å². The number of morpholine rings is 1.